The molecule has 1 aliphatic heterocycles. The van der Waals surface area contributed by atoms with Crippen LogP contribution in [0.3, 0.4) is 0 Å². The molecule has 7 heteroatoms. The summed E-state index contributed by atoms with van der Waals surface area (Å²) in [6.45, 7) is 3.56. The molecule has 2 aromatic rings. The first-order chi connectivity index (χ1) is 12.4. The molecule has 26 heavy (non-hydrogen) atoms. The number of carbonyl (C=O) groups is 1. The van der Waals surface area contributed by atoms with Crippen LogP contribution < -0.4 is 5.73 Å². The molecule has 3 heterocycles. The highest BCUT2D eigenvalue weighted by molar-refractivity contribution is 5.98. The lowest BCUT2D eigenvalue weighted by Gasteiger charge is -2.45. The minimum Gasteiger partial charge on any atom is -0.390 e. The van der Waals surface area contributed by atoms with Crippen LogP contribution in [0.25, 0.3) is 11.1 Å². The van der Waals surface area contributed by atoms with Crippen molar-refractivity contribution in [2.45, 2.75) is 50.6 Å². The molecule has 0 unspecified atom stereocenters. The summed E-state index contributed by atoms with van der Waals surface area (Å²) >= 11 is 0. The first kappa shape index (κ1) is 18.4. The molecule has 0 radical (unpaired) electrons. The largest absolute Gasteiger partial charge is 0.390 e. The van der Waals surface area contributed by atoms with Gasteiger partial charge in [0.2, 0.25) is 0 Å². The van der Waals surface area contributed by atoms with Gasteiger partial charge in [-0.2, -0.15) is 0 Å². The number of carbonyl (C=O) groups excluding carboxylic acids is 1. The molecule has 138 valence electrons. The fourth-order valence-corrected chi connectivity index (χ4v) is 3.55. The number of aliphatic hydroxyl groups is 2. The smallest absolute Gasteiger partial charge is 0.267 e. The van der Waals surface area contributed by atoms with Crippen LogP contribution in [0, 0.1) is 0 Å². The molecule has 2 aromatic heterocycles. The van der Waals surface area contributed by atoms with E-state index in [4.69, 9.17) is 10.5 Å². The van der Waals surface area contributed by atoms with Crippen LogP contribution in [0.1, 0.15) is 48.8 Å². The lowest BCUT2D eigenvalue weighted by Crippen LogP contribution is -2.56. The van der Waals surface area contributed by atoms with E-state index in [-0.39, 0.29) is 12.1 Å². The van der Waals surface area contributed by atoms with Gasteiger partial charge < -0.3 is 20.7 Å². The van der Waals surface area contributed by atoms with Gasteiger partial charge in [0.1, 0.15) is 11.3 Å². The predicted molar refractivity (Wildman–Crippen MR) is 95.1 cm³/mol. The summed E-state index contributed by atoms with van der Waals surface area (Å²) in [5.41, 5.74) is 6.31. The van der Waals surface area contributed by atoms with Gasteiger partial charge in [-0.15, -0.1) is 0 Å². The van der Waals surface area contributed by atoms with Crippen molar-refractivity contribution in [1.82, 2.24) is 9.97 Å². The second kappa shape index (κ2) is 7.11. The summed E-state index contributed by atoms with van der Waals surface area (Å²) in [6.07, 6.45) is 3.45. The Morgan fingerprint density at radius 3 is 2.81 bits per heavy atom. The van der Waals surface area contributed by atoms with E-state index in [9.17, 15) is 15.0 Å². The Hall–Kier alpha value is -2.35. The van der Waals surface area contributed by atoms with E-state index < -0.39 is 29.8 Å². The van der Waals surface area contributed by atoms with Gasteiger partial charge in [0, 0.05) is 36.1 Å². The Kier molecular flexibility index (Phi) is 5.04. The Balaban J connectivity index is 2.03. The van der Waals surface area contributed by atoms with Crippen molar-refractivity contribution < 1.29 is 19.7 Å². The standard InChI is InChI=1S/C19H23N3O4/c1-3-19(25)11(2)26-15(9-16(19)23)12-6-8-21-10-14(12)13-5-4-7-22-17(13)18(20)24/h4-8,10-11,15-16,23,25H,3,9H2,1-2H3,(H2,20,24)/t11-,15-,16-,19-/m1/s1. The molecule has 4 N–H and O–H groups in total. The van der Waals surface area contributed by atoms with Crippen LogP contribution in [0.4, 0.5) is 0 Å². The first-order valence-electron chi connectivity index (χ1n) is 8.63. The van der Waals surface area contributed by atoms with Crippen molar-refractivity contribution in [3.8, 4) is 11.1 Å². The average Bonchev–Trinajstić information content (AvgIpc) is 2.65. The van der Waals surface area contributed by atoms with E-state index in [1.807, 2.05) is 6.92 Å². The lowest BCUT2D eigenvalue weighted by molar-refractivity contribution is -0.224. The number of aliphatic hydroxyl groups excluding tert-OH is 1. The number of rotatable bonds is 4. The first-order valence-corrected chi connectivity index (χ1v) is 8.63. The second-order valence-electron chi connectivity index (χ2n) is 6.59. The number of ether oxygens (including phenoxy) is 1. The highest BCUT2D eigenvalue weighted by Gasteiger charge is 2.47. The Labute approximate surface area is 151 Å². The zero-order valence-electron chi connectivity index (χ0n) is 14.8. The molecular formula is C19H23N3O4. The van der Waals surface area contributed by atoms with Crippen LogP contribution in [0.15, 0.2) is 36.8 Å². The third-order valence-corrected chi connectivity index (χ3v) is 5.19. The van der Waals surface area contributed by atoms with E-state index in [2.05, 4.69) is 9.97 Å². The van der Waals surface area contributed by atoms with Gasteiger partial charge in [-0.05, 0) is 31.0 Å². The maximum Gasteiger partial charge on any atom is 0.267 e. The van der Waals surface area contributed by atoms with E-state index >= 15 is 0 Å². The van der Waals surface area contributed by atoms with Crippen molar-refractivity contribution in [3.63, 3.8) is 0 Å². The molecule has 1 amide bonds. The van der Waals surface area contributed by atoms with Crippen molar-refractivity contribution in [3.05, 3.63) is 48.0 Å². The normalized spacial score (nSPS) is 28.7. The van der Waals surface area contributed by atoms with Gasteiger partial charge in [-0.1, -0.05) is 13.0 Å². The van der Waals surface area contributed by atoms with Gasteiger partial charge >= 0.3 is 0 Å². The van der Waals surface area contributed by atoms with Gasteiger partial charge in [-0.25, -0.2) is 0 Å². The molecular weight excluding hydrogens is 334 g/mol. The van der Waals surface area contributed by atoms with Gasteiger partial charge in [0.15, 0.2) is 0 Å². The van der Waals surface area contributed by atoms with Crippen LogP contribution in [-0.4, -0.2) is 43.9 Å². The maximum atomic E-state index is 11.7. The molecule has 1 saturated heterocycles. The Morgan fingerprint density at radius 1 is 1.38 bits per heavy atom. The third kappa shape index (κ3) is 3.09. The van der Waals surface area contributed by atoms with E-state index in [0.29, 0.717) is 17.5 Å². The van der Waals surface area contributed by atoms with Crippen molar-refractivity contribution >= 4 is 5.91 Å². The second-order valence-corrected chi connectivity index (χ2v) is 6.59. The Morgan fingerprint density at radius 2 is 2.15 bits per heavy atom. The van der Waals surface area contributed by atoms with E-state index in [0.717, 1.165) is 5.56 Å². The molecule has 1 fully saturated rings. The van der Waals surface area contributed by atoms with Crippen molar-refractivity contribution in [1.29, 1.82) is 0 Å². The van der Waals surface area contributed by atoms with Crippen molar-refractivity contribution in [2.75, 3.05) is 0 Å². The minimum atomic E-state index is -1.28. The average molecular weight is 357 g/mol. The highest BCUT2D eigenvalue weighted by Crippen LogP contribution is 2.41. The molecule has 4 atom stereocenters. The fourth-order valence-electron chi connectivity index (χ4n) is 3.55. The summed E-state index contributed by atoms with van der Waals surface area (Å²) in [7, 11) is 0. The number of aromatic nitrogens is 2. The van der Waals surface area contributed by atoms with Gasteiger partial charge in [0.25, 0.3) is 5.91 Å². The quantitative estimate of drug-likeness (QED) is 0.765. The van der Waals surface area contributed by atoms with E-state index in [1.165, 1.54) is 6.20 Å². The van der Waals surface area contributed by atoms with Gasteiger partial charge in [0.05, 0.1) is 18.3 Å². The zero-order valence-corrected chi connectivity index (χ0v) is 14.8. The van der Waals surface area contributed by atoms with Crippen LogP contribution in [0.5, 0.6) is 0 Å². The fraction of sp³-hybridized carbons (Fsp3) is 0.421. The molecule has 0 bridgehead atoms. The number of pyridine rings is 2. The highest BCUT2D eigenvalue weighted by atomic mass is 16.5. The number of amides is 1. The SMILES string of the molecule is CC[C@]1(O)[C@H](O)C[C@H](c2ccncc2-c2cccnc2C(N)=O)O[C@@H]1C. The van der Waals surface area contributed by atoms with Gasteiger partial charge in [-0.3, -0.25) is 14.8 Å². The Bertz CT molecular complexity index is 799. The molecule has 1 aliphatic rings. The number of nitrogens with zero attached hydrogens (tertiary/aromatic N) is 2. The lowest BCUT2D eigenvalue weighted by atomic mass is 9.80. The topological polar surface area (TPSA) is 119 Å². The monoisotopic (exact) mass is 357 g/mol. The minimum absolute atomic E-state index is 0.149. The van der Waals surface area contributed by atoms with Crippen LogP contribution in [-0.2, 0) is 4.74 Å². The molecule has 0 aliphatic carbocycles. The molecule has 0 aromatic carbocycles. The molecule has 7 nitrogen and oxygen atoms in total. The summed E-state index contributed by atoms with van der Waals surface area (Å²) in [4.78, 5) is 20.0. The molecule has 0 spiro atoms. The maximum absolute atomic E-state index is 11.7. The molecule has 0 saturated carbocycles. The molecule has 3 rings (SSSR count). The van der Waals surface area contributed by atoms with Crippen LogP contribution >= 0.6 is 0 Å². The number of hydrogen-bond donors (Lipinski definition) is 3. The summed E-state index contributed by atoms with van der Waals surface area (Å²) in [6, 6.07) is 5.25. The summed E-state index contributed by atoms with van der Waals surface area (Å²) < 4.78 is 6.04. The number of nitrogens with two attached hydrogens (primary N) is 1. The van der Waals surface area contributed by atoms with Crippen LogP contribution in [0.2, 0.25) is 0 Å². The van der Waals surface area contributed by atoms with Crippen molar-refractivity contribution in [2.24, 2.45) is 5.73 Å². The summed E-state index contributed by atoms with van der Waals surface area (Å²) in [5.74, 6) is -0.631. The van der Waals surface area contributed by atoms with E-state index in [1.54, 1.807) is 37.5 Å². The zero-order chi connectivity index (χ0) is 18.9. The predicted octanol–water partition coefficient (Wildman–Crippen LogP) is 1.59. The number of primary amides is 1. The number of hydrogen-bond acceptors (Lipinski definition) is 6. The third-order valence-electron chi connectivity index (χ3n) is 5.19. The summed E-state index contributed by atoms with van der Waals surface area (Å²) in [5, 5.41) is 21.1.